The molecule has 3 rings (SSSR count). The summed E-state index contributed by atoms with van der Waals surface area (Å²) in [5.74, 6) is 0. The summed E-state index contributed by atoms with van der Waals surface area (Å²) in [5.41, 5.74) is 2.05. The zero-order valence-corrected chi connectivity index (χ0v) is 16.5. The number of anilines is 1. The van der Waals surface area contributed by atoms with Gasteiger partial charge in [-0.1, -0.05) is 53.7 Å². The normalized spacial score (nSPS) is 11.6. The Bertz CT molecular complexity index is 870. The van der Waals surface area contributed by atoms with E-state index in [9.17, 15) is 0 Å². The molecule has 0 fully saturated rings. The molecular formula is C20H18ClN3S2. The lowest BCUT2D eigenvalue weighted by molar-refractivity contribution is 0.722. The van der Waals surface area contributed by atoms with Gasteiger partial charge in [0.25, 0.3) is 0 Å². The van der Waals surface area contributed by atoms with Crippen molar-refractivity contribution in [3.63, 3.8) is 0 Å². The zero-order valence-electron chi connectivity index (χ0n) is 14.1. The van der Waals surface area contributed by atoms with Gasteiger partial charge in [0.05, 0.1) is 11.7 Å². The molecule has 26 heavy (non-hydrogen) atoms. The summed E-state index contributed by atoms with van der Waals surface area (Å²) in [6.07, 6.45) is 1.77. The van der Waals surface area contributed by atoms with E-state index in [1.165, 1.54) is 5.56 Å². The molecule has 0 spiro atoms. The topological polar surface area (TPSA) is 37.0 Å². The van der Waals surface area contributed by atoms with Crippen LogP contribution in [0.15, 0.2) is 82.8 Å². The minimum absolute atomic E-state index is 0.111. The van der Waals surface area contributed by atoms with Crippen LogP contribution in [0.5, 0.6) is 0 Å². The molecule has 0 aliphatic carbocycles. The number of rotatable bonds is 5. The first kappa shape index (κ1) is 18.7. The van der Waals surface area contributed by atoms with E-state index in [-0.39, 0.29) is 6.04 Å². The number of nitrogens with zero attached hydrogens (tertiary/aromatic N) is 1. The Morgan fingerprint density at radius 3 is 2.50 bits per heavy atom. The summed E-state index contributed by atoms with van der Waals surface area (Å²) in [4.78, 5) is 5.53. The molecular weight excluding hydrogens is 382 g/mol. The van der Waals surface area contributed by atoms with E-state index in [1.54, 1.807) is 18.0 Å². The van der Waals surface area contributed by atoms with Crippen molar-refractivity contribution in [2.75, 3.05) is 5.32 Å². The van der Waals surface area contributed by atoms with Crippen LogP contribution in [0, 0.1) is 0 Å². The second-order valence-electron chi connectivity index (χ2n) is 5.64. The SMILES string of the molecule is C[C@H](NC(=S)Nc1cccnc1Sc1ccc(Cl)cc1)c1ccccc1. The highest BCUT2D eigenvalue weighted by Crippen LogP contribution is 2.32. The number of hydrogen-bond acceptors (Lipinski definition) is 3. The van der Waals surface area contributed by atoms with Crippen molar-refractivity contribution in [1.82, 2.24) is 10.3 Å². The van der Waals surface area contributed by atoms with Crippen LogP contribution >= 0.6 is 35.6 Å². The van der Waals surface area contributed by atoms with Crippen molar-refractivity contribution >= 4 is 46.4 Å². The van der Waals surface area contributed by atoms with Crippen molar-refractivity contribution < 1.29 is 0 Å². The highest BCUT2D eigenvalue weighted by atomic mass is 35.5. The largest absolute Gasteiger partial charge is 0.356 e. The molecule has 1 heterocycles. The summed E-state index contributed by atoms with van der Waals surface area (Å²) < 4.78 is 0. The predicted molar refractivity (Wildman–Crippen MR) is 114 cm³/mol. The van der Waals surface area contributed by atoms with E-state index in [0.717, 1.165) is 15.6 Å². The molecule has 0 aliphatic rings. The van der Waals surface area contributed by atoms with Crippen molar-refractivity contribution in [3.05, 3.63) is 83.5 Å². The highest BCUT2D eigenvalue weighted by Gasteiger charge is 2.10. The maximum Gasteiger partial charge on any atom is 0.171 e. The predicted octanol–water partition coefficient (Wildman–Crippen LogP) is 5.93. The number of benzene rings is 2. The Kier molecular flexibility index (Phi) is 6.50. The first-order valence-electron chi connectivity index (χ1n) is 8.13. The van der Waals surface area contributed by atoms with E-state index in [2.05, 4.69) is 34.7 Å². The Morgan fingerprint density at radius 2 is 1.77 bits per heavy atom. The van der Waals surface area contributed by atoms with Crippen LogP contribution in [0.2, 0.25) is 5.02 Å². The third-order valence-corrected chi connectivity index (χ3v) is 5.19. The summed E-state index contributed by atoms with van der Waals surface area (Å²) in [7, 11) is 0. The molecule has 3 aromatic rings. The van der Waals surface area contributed by atoms with Gasteiger partial charge in [-0.05, 0) is 61.1 Å². The summed E-state index contributed by atoms with van der Waals surface area (Å²) in [6, 6.07) is 21.8. The quantitative estimate of drug-likeness (QED) is 0.519. The van der Waals surface area contributed by atoms with E-state index in [0.29, 0.717) is 10.1 Å². The number of pyridine rings is 1. The number of hydrogen-bond donors (Lipinski definition) is 2. The number of thiocarbonyl (C=S) groups is 1. The van der Waals surface area contributed by atoms with E-state index in [4.69, 9.17) is 23.8 Å². The lowest BCUT2D eigenvalue weighted by atomic mass is 10.1. The van der Waals surface area contributed by atoms with Crippen LogP contribution in [0.3, 0.4) is 0 Å². The summed E-state index contributed by atoms with van der Waals surface area (Å²) in [6.45, 7) is 2.08. The number of aromatic nitrogens is 1. The fourth-order valence-corrected chi connectivity index (χ4v) is 3.61. The standard InChI is InChI=1S/C20H18ClN3S2/c1-14(15-6-3-2-4-7-15)23-20(25)24-18-8-5-13-22-19(18)26-17-11-9-16(21)10-12-17/h2-14H,1H3,(H2,23,24,25)/t14-/m0/s1. The Balaban J connectivity index is 1.67. The van der Waals surface area contributed by atoms with Crippen molar-refractivity contribution in [3.8, 4) is 0 Å². The summed E-state index contributed by atoms with van der Waals surface area (Å²) >= 11 is 13.0. The van der Waals surface area contributed by atoms with Gasteiger partial charge in [0.2, 0.25) is 0 Å². The van der Waals surface area contributed by atoms with Crippen LogP contribution < -0.4 is 10.6 Å². The molecule has 0 amide bonds. The average molecular weight is 400 g/mol. The van der Waals surface area contributed by atoms with Crippen LogP contribution in [-0.4, -0.2) is 10.1 Å². The maximum absolute atomic E-state index is 5.95. The minimum Gasteiger partial charge on any atom is -0.356 e. The third kappa shape index (κ3) is 5.21. The first-order chi connectivity index (χ1) is 12.6. The monoisotopic (exact) mass is 399 g/mol. The molecule has 3 nitrogen and oxygen atoms in total. The van der Waals surface area contributed by atoms with Gasteiger partial charge in [-0.3, -0.25) is 0 Å². The van der Waals surface area contributed by atoms with E-state index < -0.39 is 0 Å². The van der Waals surface area contributed by atoms with Crippen LogP contribution in [-0.2, 0) is 0 Å². The lowest BCUT2D eigenvalue weighted by Crippen LogP contribution is -2.31. The van der Waals surface area contributed by atoms with Crippen LogP contribution in [0.25, 0.3) is 0 Å². The van der Waals surface area contributed by atoms with Crippen LogP contribution in [0.4, 0.5) is 5.69 Å². The molecule has 0 saturated carbocycles. The smallest absolute Gasteiger partial charge is 0.171 e. The Morgan fingerprint density at radius 1 is 1.04 bits per heavy atom. The molecule has 1 atom stereocenters. The molecule has 2 N–H and O–H groups in total. The molecule has 0 aliphatic heterocycles. The fourth-order valence-electron chi connectivity index (χ4n) is 2.36. The van der Waals surface area contributed by atoms with Gasteiger partial charge in [-0.15, -0.1) is 0 Å². The summed E-state index contributed by atoms with van der Waals surface area (Å²) in [5, 5.41) is 8.69. The molecule has 132 valence electrons. The van der Waals surface area contributed by atoms with Gasteiger partial charge in [0.1, 0.15) is 5.03 Å². The first-order valence-corrected chi connectivity index (χ1v) is 9.73. The Labute approximate surface area is 168 Å². The molecule has 1 aromatic heterocycles. The molecule has 2 aromatic carbocycles. The molecule has 0 unspecified atom stereocenters. The highest BCUT2D eigenvalue weighted by molar-refractivity contribution is 7.99. The Hall–Kier alpha value is -2.08. The van der Waals surface area contributed by atoms with Gasteiger partial charge in [0, 0.05) is 16.1 Å². The zero-order chi connectivity index (χ0) is 18.4. The van der Waals surface area contributed by atoms with Gasteiger partial charge in [-0.2, -0.15) is 0 Å². The fraction of sp³-hybridized carbons (Fsp3) is 0.100. The number of nitrogens with one attached hydrogen (secondary N) is 2. The second kappa shape index (κ2) is 9.03. The lowest BCUT2D eigenvalue weighted by Gasteiger charge is -2.18. The van der Waals surface area contributed by atoms with Crippen molar-refractivity contribution in [1.29, 1.82) is 0 Å². The van der Waals surface area contributed by atoms with E-state index in [1.807, 2.05) is 54.6 Å². The van der Waals surface area contributed by atoms with E-state index >= 15 is 0 Å². The minimum atomic E-state index is 0.111. The van der Waals surface area contributed by atoms with Crippen molar-refractivity contribution in [2.24, 2.45) is 0 Å². The maximum atomic E-state index is 5.95. The second-order valence-corrected chi connectivity index (χ2v) is 7.55. The van der Waals surface area contributed by atoms with Gasteiger partial charge >= 0.3 is 0 Å². The van der Waals surface area contributed by atoms with Gasteiger partial charge in [0.15, 0.2) is 5.11 Å². The molecule has 0 saturated heterocycles. The van der Waals surface area contributed by atoms with Crippen molar-refractivity contribution in [2.45, 2.75) is 22.9 Å². The average Bonchev–Trinajstić information content (AvgIpc) is 2.66. The molecule has 6 heteroatoms. The van der Waals surface area contributed by atoms with Gasteiger partial charge < -0.3 is 10.6 Å². The molecule has 0 bridgehead atoms. The number of halogens is 1. The van der Waals surface area contributed by atoms with Crippen LogP contribution in [0.1, 0.15) is 18.5 Å². The van der Waals surface area contributed by atoms with Gasteiger partial charge in [-0.25, -0.2) is 4.98 Å². The molecule has 0 radical (unpaired) electrons. The third-order valence-electron chi connectivity index (χ3n) is 3.69.